The van der Waals surface area contributed by atoms with Crippen LogP contribution in [0, 0.1) is 6.92 Å². The van der Waals surface area contributed by atoms with Crippen LogP contribution in [0.3, 0.4) is 0 Å². The smallest absolute Gasteiger partial charge is 0.372 e. The molecule has 2 aromatic rings. The number of benzene rings is 1. The third kappa shape index (κ3) is 4.32. The van der Waals surface area contributed by atoms with Gasteiger partial charge in [0, 0.05) is 34.1 Å². The summed E-state index contributed by atoms with van der Waals surface area (Å²) < 4.78 is 42.6. The van der Waals surface area contributed by atoms with E-state index in [1.165, 1.54) is 36.6 Å². The Kier molecular flexibility index (Phi) is 6.47. The number of amidine groups is 1. The molecule has 0 radical (unpaired) electrons. The lowest BCUT2D eigenvalue weighted by molar-refractivity contribution is -0.275. The van der Waals surface area contributed by atoms with Gasteiger partial charge in [-0.1, -0.05) is 28.4 Å². The van der Waals surface area contributed by atoms with E-state index in [1.54, 1.807) is 11.8 Å². The van der Waals surface area contributed by atoms with Crippen LogP contribution in [0.4, 0.5) is 13.2 Å². The Morgan fingerprint density at radius 3 is 2.50 bits per heavy atom. The normalized spacial score (nSPS) is 19.5. The Balaban J connectivity index is 1.52. The summed E-state index contributed by atoms with van der Waals surface area (Å²) in [4.78, 5) is 31.9. The number of rotatable bonds is 4. The van der Waals surface area contributed by atoms with Crippen LogP contribution < -0.4 is 10.6 Å². The summed E-state index contributed by atoms with van der Waals surface area (Å²) in [5, 5.41) is 8.89. The molecule has 34 heavy (non-hydrogen) atoms. The minimum Gasteiger partial charge on any atom is -0.372 e. The van der Waals surface area contributed by atoms with Gasteiger partial charge < -0.3 is 20.4 Å². The van der Waals surface area contributed by atoms with Gasteiger partial charge in [0.15, 0.2) is 0 Å². The molecule has 0 saturated heterocycles. The zero-order chi connectivity index (χ0) is 24.8. The van der Waals surface area contributed by atoms with Crippen molar-refractivity contribution in [3.05, 3.63) is 54.7 Å². The van der Waals surface area contributed by atoms with Crippen LogP contribution in [-0.4, -0.2) is 42.3 Å². The molecule has 1 unspecified atom stereocenters. The fourth-order valence-electron chi connectivity index (χ4n) is 3.94. The van der Waals surface area contributed by atoms with E-state index in [0.29, 0.717) is 4.88 Å². The lowest BCUT2D eigenvalue weighted by Gasteiger charge is -2.30. The number of hydrogen-bond acceptors (Lipinski definition) is 6. The monoisotopic (exact) mass is 534 g/mol. The maximum atomic E-state index is 14.2. The number of carbonyl (C=O) groups is 2. The summed E-state index contributed by atoms with van der Waals surface area (Å²) in [6, 6.07) is 3.69. The fourth-order valence-corrected chi connectivity index (χ4v) is 5.71. The highest BCUT2D eigenvalue weighted by molar-refractivity contribution is 7.14. The van der Waals surface area contributed by atoms with E-state index in [9.17, 15) is 22.8 Å². The molecule has 2 aliphatic heterocycles. The van der Waals surface area contributed by atoms with Crippen molar-refractivity contribution in [2.45, 2.75) is 38.2 Å². The number of amides is 2. The van der Waals surface area contributed by atoms with Crippen LogP contribution in [-0.2, 0) is 28.3 Å². The van der Waals surface area contributed by atoms with Gasteiger partial charge in [0.05, 0.1) is 24.4 Å². The van der Waals surface area contributed by atoms with Gasteiger partial charge in [-0.3, -0.25) is 9.59 Å². The van der Waals surface area contributed by atoms with Gasteiger partial charge in [-0.25, -0.2) is 0 Å². The maximum Gasteiger partial charge on any atom is 0.435 e. The Morgan fingerprint density at radius 2 is 1.91 bits per heavy atom. The van der Waals surface area contributed by atoms with Crippen molar-refractivity contribution in [1.29, 1.82) is 0 Å². The standard InChI is InChI=1S/C21H19Cl2F3N4O3S/c1-10-14-8-30(9-15(14)34-18(10)19(32)28-7-17(31)27-2)16-6-20(33-29-16,21(24,25)26)11-3-12(22)5-13(23)4-11/h3-5H,6-9H2,1-2H3,(H,27,31)(H,28,32). The largest absolute Gasteiger partial charge is 0.435 e. The van der Waals surface area contributed by atoms with E-state index in [4.69, 9.17) is 28.0 Å². The Labute approximate surface area is 206 Å². The predicted molar refractivity (Wildman–Crippen MR) is 122 cm³/mol. The van der Waals surface area contributed by atoms with Gasteiger partial charge in [-0.05, 0) is 36.2 Å². The molecule has 0 spiro atoms. The number of nitrogens with one attached hydrogen (secondary N) is 2. The van der Waals surface area contributed by atoms with E-state index in [0.717, 1.165) is 16.0 Å². The van der Waals surface area contributed by atoms with Crippen molar-refractivity contribution in [2.24, 2.45) is 5.16 Å². The number of nitrogens with zero attached hydrogens (tertiary/aromatic N) is 2. The number of carbonyl (C=O) groups excluding carboxylic acids is 2. The highest BCUT2D eigenvalue weighted by Crippen LogP contribution is 2.50. The third-order valence-corrected chi connectivity index (χ3v) is 7.55. The first-order chi connectivity index (χ1) is 15.9. The number of alkyl halides is 3. The van der Waals surface area contributed by atoms with Crippen LogP contribution in [0.1, 0.15) is 37.7 Å². The first-order valence-electron chi connectivity index (χ1n) is 10.1. The first kappa shape index (κ1) is 24.6. The Hall–Kier alpha value is -2.50. The van der Waals surface area contributed by atoms with Crippen LogP contribution in [0.5, 0.6) is 0 Å². The lowest BCUT2D eigenvalue weighted by Crippen LogP contribution is -2.43. The Morgan fingerprint density at radius 1 is 1.24 bits per heavy atom. The Bertz CT molecular complexity index is 1180. The number of likely N-dealkylation sites (N-methyl/N-ethyl adjacent to an activating group) is 1. The topological polar surface area (TPSA) is 83.0 Å². The molecule has 4 rings (SSSR count). The molecule has 13 heteroatoms. The van der Waals surface area contributed by atoms with Crippen molar-refractivity contribution >= 4 is 52.2 Å². The van der Waals surface area contributed by atoms with Crippen LogP contribution >= 0.6 is 34.5 Å². The van der Waals surface area contributed by atoms with Gasteiger partial charge in [0.2, 0.25) is 5.91 Å². The molecule has 182 valence electrons. The average molecular weight is 535 g/mol. The van der Waals surface area contributed by atoms with E-state index in [-0.39, 0.29) is 52.9 Å². The fraction of sp³-hybridized carbons (Fsp3) is 0.381. The number of fused-ring (bicyclic) bond motifs is 1. The van der Waals surface area contributed by atoms with Crippen molar-refractivity contribution in [3.63, 3.8) is 0 Å². The molecule has 1 aromatic heterocycles. The summed E-state index contributed by atoms with van der Waals surface area (Å²) in [5.41, 5.74) is -1.35. The second-order valence-corrected chi connectivity index (χ2v) is 9.91. The SMILES string of the molecule is CNC(=O)CNC(=O)c1sc2c(c1C)CN(C1=NOC(c3cc(Cl)cc(Cl)c3)(C(F)(F)F)C1)C2. The molecule has 0 fully saturated rings. The van der Waals surface area contributed by atoms with Crippen LogP contribution in [0.15, 0.2) is 23.4 Å². The molecule has 1 aromatic carbocycles. The van der Waals surface area contributed by atoms with Gasteiger partial charge in [0.25, 0.3) is 11.5 Å². The van der Waals surface area contributed by atoms with E-state index < -0.39 is 18.2 Å². The van der Waals surface area contributed by atoms with E-state index in [2.05, 4.69) is 15.8 Å². The molecular formula is C21H19Cl2F3N4O3S. The molecule has 2 amide bonds. The molecule has 3 heterocycles. The number of thiophene rings is 1. The minimum absolute atomic E-state index is 0.0596. The lowest BCUT2D eigenvalue weighted by atomic mass is 9.89. The van der Waals surface area contributed by atoms with Crippen molar-refractivity contribution in [3.8, 4) is 0 Å². The van der Waals surface area contributed by atoms with E-state index in [1.807, 2.05) is 0 Å². The zero-order valence-corrected chi connectivity index (χ0v) is 20.3. The van der Waals surface area contributed by atoms with Gasteiger partial charge in [0.1, 0.15) is 5.84 Å². The summed E-state index contributed by atoms with van der Waals surface area (Å²) in [5.74, 6) is -0.556. The van der Waals surface area contributed by atoms with Gasteiger partial charge in [-0.2, -0.15) is 13.2 Å². The highest BCUT2D eigenvalue weighted by Gasteiger charge is 2.63. The second-order valence-electron chi connectivity index (χ2n) is 7.93. The summed E-state index contributed by atoms with van der Waals surface area (Å²) >= 11 is 13.1. The van der Waals surface area contributed by atoms with Crippen LogP contribution in [0.25, 0.3) is 0 Å². The molecule has 2 aliphatic rings. The predicted octanol–water partition coefficient (Wildman–Crippen LogP) is 4.35. The average Bonchev–Trinajstić information content (AvgIpc) is 3.45. The summed E-state index contributed by atoms with van der Waals surface area (Å²) in [6.45, 7) is 2.20. The molecule has 0 bridgehead atoms. The van der Waals surface area contributed by atoms with Crippen molar-refractivity contribution in [2.75, 3.05) is 13.6 Å². The van der Waals surface area contributed by atoms with Gasteiger partial charge in [-0.15, -0.1) is 11.3 Å². The zero-order valence-electron chi connectivity index (χ0n) is 18.0. The van der Waals surface area contributed by atoms with Crippen molar-refractivity contribution in [1.82, 2.24) is 15.5 Å². The highest BCUT2D eigenvalue weighted by atomic mass is 35.5. The first-order valence-corrected chi connectivity index (χ1v) is 11.7. The molecule has 2 N–H and O–H groups in total. The van der Waals surface area contributed by atoms with Gasteiger partial charge >= 0.3 is 6.18 Å². The summed E-state index contributed by atoms with van der Waals surface area (Å²) in [7, 11) is 1.47. The quantitative estimate of drug-likeness (QED) is 0.610. The molecule has 0 aliphatic carbocycles. The second kappa shape index (κ2) is 8.94. The molecule has 0 saturated carbocycles. The molecule has 7 nitrogen and oxygen atoms in total. The molecule has 1 atom stereocenters. The third-order valence-electron chi connectivity index (χ3n) is 5.80. The summed E-state index contributed by atoms with van der Waals surface area (Å²) in [6.07, 6.45) is -5.32. The number of halogens is 5. The number of oxime groups is 1. The number of hydrogen-bond donors (Lipinski definition) is 2. The van der Waals surface area contributed by atoms with Crippen molar-refractivity contribution < 1.29 is 27.6 Å². The maximum absolute atomic E-state index is 14.2. The minimum atomic E-state index is -4.78. The molecular weight excluding hydrogens is 516 g/mol. The van der Waals surface area contributed by atoms with E-state index >= 15 is 0 Å². The van der Waals surface area contributed by atoms with Crippen LogP contribution in [0.2, 0.25) is 10.0 Å².